The summed E-state index contributed by atoms with van der Waals surface area (Å²) in [6.07, 6.45) is 0.678. The summed E-state index contributed by atoms with van der Waals surface area (Å²) in [4.78, 5) is 30.1. The molecule has 1 N–H and O–H groups in total. The fourth-order valence-electron chi connectivity index (χ4n) is 2.99. The molecule has 158 valence electrons. The van der Waals surface area contributed by atoms with Gasteiger partial charge in [0, 0.05) is 20.3 Å². The zero-order valence-electron chi connectivity index (χ0n) is 17.1. The highest BCUT2D eigenvalue weighted by atomic mass is 32.2. The highest BCUT2D eigenvalue weighted by Crippen LogP contribution is 2.24. The standard InChI is InChI=1S/C22H25N3O4S/c1-3-29-19-12-7-6-11-18(19)23-20(26)15-30-22-24-17-10-5-4-9-16(17)21(27)25(22)13-8-14-28-2/h4-7,9-12H,3,8,13-15H2,1-2H3,(H,23,26). The van der Waals surface area contributed by atoms with Crippen LogP contribution in [0.2, 0.25) is 0 Å². The highest BCUT2D eigenvalue weighted by molar-refractivity contribution is 7.99. The third-order valence-corrected chi connectivity index (χ3v) is 5.33. The molecule has 2 aromatic carbocycles. The number of nitrogens with one attached hydrogen (secondary N) is 1. The number of methoxy groups -OCH3 is 1. The number of amides is 1. The summed E-state index contributed by atoms with van der Waals surface area (Å²) in [5, 5.41) is 3.95. The van der Waals surface area contributed by atoms with Gasteiger partial charge in [0.25, 0.3) is 5.56 Å². The number of thioether (sulfide) groups is 1. The minimum absolute atomic E-state index is 0.110. The average Bonchev–Trinajstić information content (AvgIpc) is 2.76. The molecule has 1 heterocycles. The number of hydrogen-bond donors (Lipinski definition) is 1. The van der Waals surface area contributed by atoms with Crippen LogP contribution in [0, 0.1) is 0 Å². The summed E-state index contributed by atoms with van der Waals surface area (Å²) in [5.74, 6) is 0.548. The van der Waals surface area contributed by atoms with Crippen molar-refractivity contribution in [3.8, 4) is 5.75 Å². The molecule has 0 unspecified atom stereocenters. The molecule has 3 rings (SSSR count). The van der Waals surface area contributed by atoms with Gasteiger partial charge in [-0.2, -0.15) is 0 Å². The zero-order valence-corrected chi connectivity index (χ0v) is 17.9. The van der Waals surface area contributed by atoms with Crippen LogP contribution >= 0.6 is 11.8 Å². The van der Waals surface area contributed by atoms with E-state index in [1.807, 2.05) is 37.3 Å². The first kappa shape index (κ1) is 21.9. The van der Waals surface area contributed by atoms with Gasteiger partial charge in [-0.3, -0.25) is 14.2 Å². The van der Waals surface area contributed by atoms with Crippen molar-refractivity contribution in [2.75, 3.05) is 31.4 Å². The number of carbonyl (C=O) groups is 1. The van der Waals surface area contributed by atoms with Crippen molar-refractivity contribution in [3.63, 3.8) is 0 Å². The summed E-state index contributed by atoms with van der Waals surface area (Å²) in [5.41, 5.74) is 1.13. The van der Waals surface area contributed by atoms with Crippen LogP contribution in [0.15, 0.2) is 58.5 Å². The van der Waals surface area contributed by atoms with Gasteiger partial charge in [-0.05, 0) is 37.6 Å². The lowest BCUT2D eigenvalue weighted by molar-refractivity contribution is -0.113. The van der Waals surface area contributed by atoms with Crippen molar-refractivity contribution >= 4 is 34.3 Å². The van der Waals surface area contributed by atoms with Crippen LogP contribution < -0.4 is 15.6 Å². The van der Waals surface area contributed by atoms with E-state index in [1.165, 1.54) is 11.8 Å². The maximum Gasteiger partial charge on any atom is 0.262 e. The Bertz CT molecular complexity index is 1070. The molecule has 0 saturated heterocycles. The van der Waals surface area contributed by atoms with Gasteiger partial charge in [-0.1, -0.05) is 36.0 Å². The van der Waals surface area contributed by atoms with Crippen LogP contribution in [-0.2, 0) is 16.1 Å². The first-order valence-electron chi connectivity index (χ1n) is 9.77. The second-order valence-electron chi connectivity index (χ2n) is 6.48. The quantitative estimate of drug-likeness (QED) is 0.303. The van der Waals surface area contributed by atoms with Crippen LogP contribution in [-0.4, -0.2) is 41.5 Å². The molecule has 0 bridgehead atoms. The third kappa shape index (κ3) is 5.40. The number of anilines is 1. The number of hydrogen-bond acceptors (Lipinski definition) is 6. The van der Waals surface area contributed by atoms with E-state index in [-0.39, 0.29) is 17.2 Å². The molecule has 0 spiro atoms. The Kier molecular flexibility index (Phi) is 7.87. The van der Waals surface area contributed by atoms with Gasteiger partial charge >= 0.3 is 0 Å². The molecule has 3 aromatic rings. The van der Waals surface area contributed by atoms with Crippen molar-refractivity contribution < 1.29 is 14.3 Å². The van der Waals surface area contributed by atoms with Gasteiger partial charge in [0.2, 0.25) is 5.91 Å². The molecule has 1 amide bonds. The van der Waals surface area contributed by atoms with Crippen molar-refractivity contribution in [1.82, 2.24) is 9.55 Å². The van der Waals surface area contributed by atoms with E-state index < -0.39 is 0 Å². The predicted octanol–water partition coefficient (Wildman–Crippen LogP) is 3.56. The molecule has 7 nitrogen and oxygen atoms in total. The monoisotopic (exact) mass is 427 g/mol. The Balaban J connectivity index is 1.78. The number of benzene rings is 2. The highest BCUT2D eigenvalue weighted by Gasteiger charge is 2.14. The Morgan fingerprint density at radius 1 is 1.17 bits per heavy atom. The van der Waals surface area contributed by atoms with Crippen molar-refractivity contribution in [2.24, 2.45) is 0 Å². The third-order valence-electron chi connectivity index (χ3n) is 4.35. The number of para-hydroxylation sites is 3. The van der Waals surface area contributed by atoms with Crippen LogP contribution in [0.1, 0.15) is 13.3 Å². The number of carbonyl (C=O) groups excluding carboxylic acids is 1. The molecule has 0 radical (unpaired) electrons. The van der Waals surface area contributed by atoms with Gasteiger partial charge in [0.1, 0.15) is 5.75 Å². The van der Waals surface area contributed by atoms with E-state index in [9.17, 15) is 9.59 Å². The Labute approximate surface area is 179 Å². The van der Waals surface area contributed by atoms with Gasteiger partial charge in [-0.15, -0.1) is 0 Å². The second kappa shape index (κ2) is 10.8. The number of rotatable bonds is 10. The smallest absolute Gasteiger partial charge is 0.262 e. The van der Waals surface area contributed by atoms with Crippen molar-refractivity contribution in [2.45, 2.75) is 25.0 Å². The molecule has 0 fully saturated rings. The van der Waals surface area contributed by atoms with E-state index in [2.05, 4.69) is 10.3 Å². The average molecular weight is 428 g/mol. The van der Waals surface area contributed by atoms with Crippen LogP contribution in [0.25, 0.3) is 10.9 Å². The van der Waals surface area contributed by atoms with Gasteiger partial charge in [-0.25, -0.2) is 4.98 Å². The number of aromatic nitrogens is 2. The van der Waals surface area contributed by atoms with Gasteiger partial charge in [0.05, 0.1) is 29.0 Å². The molecule has 30 heavy (non-hydrogen) atoms. The molecular formula is C22H25N3O4S. The lowest BCUT2D eigenvalue weighted by atomic mass is 10.2. The molecule has 8 heteroatoms. The van der Waals surface area contributed by atoms with Crippen molar-refractivity contribution in [3.05, 3.63) is 58.9 Å². The van der Waals surface area contributed by atoms with E-state index >= 15 is 0 Å². The molecule has 1 aromatic heterocycles. The van der Waals surface area contributed by atoms with Crippen LogP contribution in [0.4, 0.5) is 5.69 Å². The molecule has 0 aliphatic rings. The summed E-state index contributed by atoms with van der Waals surface area (Å²) in [6, 6.07) is 14.5. The first-order valence-corrected chi connectivity index (χ1v) is 10.8. The fourth-order valence-corrected chi connectivity index (χ4v) is 3.81. The normalized spacial score (nSPS) is 10.9. The summed E-state index contributed by atoms with van der Waals surface area (Å²) < 4.78 is 12.3. The molecule has 0 atom stereocenters. The Morgan fingerprint density at radius 3 is 2.73 bits per heavy atom. The SMILES string of the molecule is CCOc1ccccc1NC(=O)CSc1nc2ccccc2c(=O)n1CCCOC. The fraction of sp³-hybridized carbons (Fsp3) is 0.318. The summed E-state index contributed by atoms with van der Waals surface area (Å²) >= 11 is 1.24. The second-order valence-corrected chi connectivity index (χ2v) is 7.42. The van der Waals surface area contributed by atoms with E-state index in [4.69, 9.17) is 9.47 Å². The van der Waals surface area contributed by atoms with Gasteiger partial charge < -0.3 is 14.8 Å². The van der Waals surface area contributed by atoms with Crippen LogP contribution in [0.3, 0.4) is 0 Å². The van der Waals surface area contributed by atoms with E-state index in [0.717, 1.165) is 0 Å². The number of fused-ring (bicyclic) bond motifs is 1. The van der Waals surface area contributed by atoms with Gasteiger partial charge in [0.15, 0.2) is 5.16 Å². The Hall–Kier alpha value is -2.84. The topological polar surface area (TPSA) is 82.5 Å². The number of ether oxygens (including phenoxy) is 2. The number of nitrogens with zero attached hydrogens (tertiary/aromatic N) is 2. The minimum atomic E-state index is -0.196. The molecule has 0 saturated carbocycles. The molecule has 0 aliphatic heterocycles. The van der Waals surface area contributed by atoms with E-state index in [1.54, 1.807) is 29.9 Å². The lowest BCUT2D eigenvalue weighted by Crippen LogP contribution is -2.25. The Morgan fingerprint density at radius 2 is 1.93 bits per heavy atom. The molecular weight excluding hydrogens is 402 g/mol. The van der Waals surface area contributed by atoms with Crippen molar-refractivity contribution in [1.29, 1.82) is 0 Å². The summed E-state index contributed by atoms with van der Waals surface area (Å²) in [6.45, 7) is 3.42. The first-order chi connectivity index (χ1) is 14.6. The largest absolute Gasteiger partial charge is 0.492 e. The molecule has 0 aliphatic carbocycles. The zero-order chi connectivity index (χ0) is 21.3. The maximum absolute atomic E-state index is 12.9. The van der Waals surface area contributed by atoms with E-state index in [0.29, 0.717) is 53.7 Å². The summed E-state index contributed by atoms with van der Waals surface area (Å²) in [7, 11) is 1.63. The maximum atomic E-state index is 12.9. The lowest BCUT2D eigenvalue weighted by Gasteiger charge is -2.14. The predicted molar refractivity (Wildman–Crippen MR) is 119 cm³/mol. The minimum Gasteiger partial charge on any atom is -0.492 e. The van der Waals surface area contributed by atoms with Crippen LogP contribution in [0.5, 0.6) is 5.75 Å².